The van der Waals surface area contributed by atoms with Gasteiger partial charge in [-0.2, -0.15) is 12.6 Å². The zero-order valence-corrected chi connectivity index (χ0v) is 11.8. The standard InChI is InChI=1S/C12H24SSi/c1-14(2,3)12-10-8-6-4-5-7-9-11-13/h13H,4-9,11H2,1-3H3. The van der Waals surface area contributed by atoms with Gasteiger partial charge in [0.1, 0.15) is 8.07 Å². The van der Waals surface area contributed by atoms with Crippen LogP contribution in [0.4, 0.5) is 0 Å². The van der Waals surface area contributed by atoms with Crippen LogP contribution in [0.15, 0.2) is 0 Å². The Morgan fingerprint density at radius 2 is 1.50 bits per heavy atom. The molecule has 0 saturated carbocycles. The molecule has 0 saturated heterocycles. The summed E-state index contributed by atoms with van der Waals surface area (Å²) < 4.78 is 0. The maximum atomic E-state index is 4.19. The lowest BCUT2D eigenvalue weighted by atomic mass is 10.1. The summed E-state index contributed by atoms with van der Waals surface area (Å²) in [5, 5.41) is 0. The zero-order chi connectivity index (χ0) is 10.9. The topological polar surface area (TPSA) is 0 Å². The van der Waals surface area contributed by atoms with Crippen molar-refractivity contribution in [1.29, 1.82) is 0 Å². The Kier molecular flexibility index (Phi) is 8.51. The minimum absolute atomic E-state index is 1.04. The first-order valence-electron chi connectivity index (χ1n) is 5.67. The Balaban J connectivity index is 3.24. The lowest BCUT2D eigenvalue weighted by Gasteiger charge is -2.03. The second kappa shape index (κ2) is 8.44. The van der Waals surface area contributed by atoms with E-state index in [0.29, 0.717) is 0 Å². The molecule has 0 rings (SSSR count). The molecule has 0 aliphatic heterocycles. The predicted octanol–water partition coefficient (Wildman–Crippen LogP) is 4.14. The van der Waals surface area contributed by atoms with E-state index in [2.05, 4.69) is 43.7 Å². The average molecular weight is 228 g/mol. The SMILES string of the molecule is C[Si](C)(C)C#CCCCCCCCS. The van der Waals surface area contributed by atoms with E-state index in [-0.39, 0.29) is 0 Å². The summed E-state index contributed by atoms with van der Waals surface area (Å²) in [6, 6.07) is 0. The second-order valence-electron chi connectivity index (χ2n) is 4.79. The quantitative estimate of drug-likeness (QED) is 0.300. The van der Waals surface area contributed by atoms with E-state index in [4.69, 9.17) is 0 Å². The highest BCUT2D eigenvalue weighted by atomic mass is 32.1. The molecule has 0 unspecified atom stereocenters. The van der Waals surface area contributed by atoms with Gasteiger partial charge in [-0.25, -0.2) is 0 Å². The largest absolute Gasteiger partial charge is 0.179 e. The van der Waals surface area contributed by atoms with Crippen LogP contribution in [0.25, 0.3) is 0 Å². The van der Waals surface area contributed by atoms with Gasteiger partial charge in [-0.3, -0.25) is 0 Å². The molecule has 0 amide bonds. The summed E-state index contributed by atoms with van der Waals surface area (Å²) in [5.41, 5.74) is 3.40. The zero-order valence-electron chi connectivity index (χ0n) is 9.90. The Bertz CT molecular complexity index is 183. The van der Waals surface area contributed by atoms with Crippen LogP contribution in [-0.2, 0) is 0 Å². The molecule has 14 heavy (non-hydrogen) atoms. The Morgan fingerprint density at radius 1 is 0.929 bits per heavy atom. The molecule has 0 N–H and O–H groups in total. The first-order valence-corrected chi connectivity index (χ1v) is 9.80. The summed E-state index contributed by atoms with van der Waals surface area (Å²) in [6.45, 7) is 6.89. The molecule has 2 heteroatoms. The summed E-state index contributed by atoms with van der Waals surface area (Å²) >= 11 is 4.19. The van der Waals surface area contributed by atoms with Crippen LogP contribution in [0.1, 0.15) is 38.5 Å². The van der Waals surface area contributed by atoms with Crippen molar-refractivity contribution in [2.75, 3.05) is 5.75 Å². The lowest BCUT2D eigenvalue weighted by Crippen LogP contribution is -2.16. The predicted molar refractivity (Wildman–Crippen MR) is 72.7 cm³/mol. The van der Waals surface area contributed by atoms with Crippen LogP contribution in [0.2, 0.25) is 19.6 Å². The van der Waals surface area contributed by atoms with Crippen molar-refractivity contribution in [3.63, 3.8) is 0 Å². The molecule has 0 bridgehead atoms. The van der Waals surface area contributed by atoms with E-state index in [1.165, 1.54) is 32.1 Å². The highest BCUT2D eigenvalue weighted by molar-refractivity contribution is 7.80. The fourth-order valence-corrected chi connectivity index (χ4v) is 2.06. The molecule has 0 fully saturated rings. The number of unbranched alkanes of at least 4 members (excludes halogenated alkanes) is 5. The third-order valence-corrected chi connectivity index (χ3v) is 3.17. The van der Waals surface area contributed by atoms with E-state index in [1.54, 1.807) is 0 Å². The van der Waals surface area contributed by atoms with E-state index in [1.807, 2.05) is 0 Å². The van der Waals surface area contributed by atoms with Gasteiger partial charge in [-0.15, -0.1) is 11.5 Å². The van der Waals surface area contributed by atoms with Gasteiger partial charge in [0, 0.05) is 6.42 Å². The number of hydrogen-bond donors (Lipinski definition) is 1. The number of rotatable bonds is 6. The van der Waals surface area contributed by atoms with E-state index in [9.17, 15) is 0 Å². The maximum absolute atomic E-state index is 4.19. The molecule has 0 spiro atoms. The van der Waals surface area contributed by atoms with Gasteiger partial charge >= 0.3 is 0 Å². The molecule has 0 radical (unpaired) electrons. The van der Waals surface area contributed by atoms with Crippen LogP contribution in [0.3, 0.4) is 0 Å². The van der Waals surface area contributed by atoms with Crippen molar-refractivity contribution < 1.29 is 0 Å². The van der Waals surface area contributed by atoms with Crippen LogP contribution in [0, 0.1) is 11.5 Å². The number of thiol groups is 1. The highest BCUT2D eigenvalue weighted by Crippen LogP contribution is 2.05. The van der Waals surface area contributed by atoms with Crippen molar-refractivity contribution >= 4 is 20.7 Å². The smallest absolute Gasteiger partial charge is 0.129 e. The summed E-state index contributed by atoms with van der Waals surface area (Å²) in [7, 11) is -1.11. The minimum atomic E-state index is -1.11. The summed E-state index contributed by atoms with van der Waals surface area (Å²) in [4.78, 5) is 0. The maximum Gasteiger partial charge on any atom is 0.129 e. The molecular weight excluding hydrogens is 204 g/mol. The van der Waals surface area contributed by atoms with Gasteiger partial charge in [-0.1, -0.05) is 38.9 Å². The Hall–Kier alpha value is 0.127. The Labute approximate surface area is 96.3 Å². The molecule has 0 atom stereocenters. The first-order chi connectivity index (χ1) is 6.56. The van der Waals surface area contributed by atoms with E-state index in [0.717, 1.165) is 12.2 Å². The van der Waals surface area contributed by atoms with Crippen molar-refractivity contribution in [1.82, 2.24) is 0 Å². The molecule has 0 aliphatic rings. The first kappa shape index (κ1) is 14.1. The third-order valence-electron chi connectivity index (χ3n) is 1.92. The van der Waals surface area contributed by atoms with Gasteiger partial charge in [0.2, 0.25) is 0 Å². The van der Waals surface area contributed by atoms with Crippen molar-refractivity contribution in [3.05, 3.63) is 0 Å². The van der Waals surface area contributed by atoms with E-state index >= 15 is 0 Å². The van der Waals surface area contributed by atoms with Crippen molar-refractivity contribution in [3.8, 4) is 11.5 Å². The third kappa shape index (κ3) is 12.1. The van der Waals surface area contributed by atoms with Crippen molar-refractivity contribution in [2.24, 2.45) is 0 Å². The minimum Gasteiger partial charge on any atom is -0.179 e. The summed E-state index contributed by atoms with van der Waals surface area (Å²) in [6.07, 6.45) is 7.69. The fourth-order valence-electron chi connectivity index (χ4n) is 1.18. The lowest BCUT2D eigenvalue weighted by molar-refractivity contribution is 0.644. The molecular formula is C12H24SSi. The second-order valence-corrected chi connectivity index (χ2v) is 9.99. The molecule has 0 nitrogen and oxygen atoms in total. The van der Waals surface area contributed by atoms with Gasteiger partial charge in [0.25, 0.3) is 0 Å². The van der Waals surface area contributed by atoms with Gasteiger partial charge in [-0.05, 0) is 18.6 Å². The molecule has 82 valence electrons. The van der Waals surface area contributed by atoms with E-state index < -0.39 is 8.07 Å². The molecule has 0 aromatic rings. The highest BCUT2D eigenvalue weighted by Gasteiger charge is 2.06. The number of hydrogen-bond acceptors (Lipinski definition) is 1. The van der Waals surface area contributed by atoms with Crippen LogP contribution < -0.4 is 0 Å². The Morgan fingerprint density at radius 3 is 2.07 bits per heavy atom. The van der Waals surface area contributed by atoms with Gasteiger partial charge in [0.05, 0.1) is 0 Å². The molecule has 0 aromatic heterocycles. The molecule has 0 aromatic carbocycles. The average Bonchev–Trinajstić information content (AvgIpc) is 2.08. The van der Waals surface area contributed by atoms with Crippen LogP contribution in [-0.4, -0.2) is 13.8 Å². The van der Waals surface area contributed by atoms with Gasteiger partial charge in [0.15, 0.2) is 0 Å². The fraction of sp³-hybridized carbons (Fsp3) is 0.833. The normalized spacial score (nSPS) is 10.9. The molecule has 0 aliphatic carbocycles. The van der Waals surface area contributed by atoms with Crippen LogP contribution >= 0.6 is 12.6 Å². The monoisotopic (exact) mass is 228 g/mol. The van der Waals surface area contributed by atoms with Gasteiger partial charge < -0.3 is 0 Å². The van der Waals surface area contributed by atoms with Crippen LogP contribution in [0.5, 0.6) is 0 Å². The molecule has 0 heterocycles. The summed E-state index contributed by atoms with van der Waals surface area (Å²) in [5.74, 6) is 4.35. The van der Waals surface area contributed by atoms with Crippen molar-refractivity contribution in [2.45, 2.75) is 58.2 Å².